The molecule has 1 aromatic heterocycles. The lowest BCUT2D eigenvalue weighted by Crippen LogP contribution is -2.16. The predicted octanol–water partition coefficient (Wildman–Crippen LogP) is 2.24. The molecule has 3 nitrogen and oxygen atoms in total. The van der Waals surface area contributed by atoms with Gasteiger partial charge in [-0.3, -0.25) is 4.79 Å². The van der Waals surface area contributed by atoms with E-state index in [9.17, 15) is 4.79 Å². The molecule has 82 valence electrons. The van der Waals surface area contributed by atoms with E-state index in [1.807, 2.05) is 10.8 Å². The first-order valence-electron chi connectivity index (χ1n) is 5.23. The number of anilines is 1. The van der Waals surface area contributed by atoms with Gasteiger partial charge in [0.05, 0.1) is 10.2 Å². The third kappa shape index (κ3) is 2.43. The molecule has 0 amide bonds. The van der Waals surface area contributed by atoms with Crippen molar-refractivity contribution in [3.05, 3.63) is 27.1 Å². The molecule has 0 radical (unpaired) electrons. The molecule has 0 bridgehead atoms. The molecule has 15 heavy (non-hydrogen) atoms. The molecule has 0 aliphatic heterocycles. The predicted molar refractivity (Wildman–Crippen MR) is 64.7 cm³/mol. The van der Waals surface area contributed by atoms with E-state index >= 15 is 0 Å². The Morgan fingerprint density at radius 3 is 2.80 bits per heavy atom. The molecule has 0 spiro atoms. The molecule has 1 atom stereocenters. The van der Waals surface area contributed by atoms with E-state index in [0.717, 1.165) is 12.5 Å². The summed E-state index contributed by atoms with van der Waals surface area (Å²) in [5.41, 5.74) is 5.82. The minimum Gasteiger partial charge on any atom is -0.394 e. The van der Waals surface area contributed by atoms with Crippen LogP contribution in [-0.2, 0) is 6.54 Å². The molecule has 1 aliphatic carbocycles. The minimum absolute atomic E-state index is 0.120. The molecular weight excluding hydrogens is 256 g/mol. The van der Waals surface area contributed by atoms with Crippen LogP contribution in [0.1, 0.15) is 19.8 Å². The lowest BCUT2D eigenvalue weighted by Gasteiger charge is -2.13. The molecule has 4 heteroatoms. The van der Waals surface area contributed by atoms with Gasteiger partial charge in [-0.2, -0.15) is 0 Å². The topological polar surface area (TPSA) is 48.0 Å². The van der Waals surface area contributed by atoms with Crippen LogP contribution in [0, 0.1) is 11.8 Å². The fraction of sp³-hybridized carbons (Fsp3) is 0.545. The highest BCUT2D eigenvalue weighted by atomic mass is 79.9. The van der Waals surface area contributed by atoms with Gasteiger partial charge >= 0.3 is 0 Å². The SMILES string of the molecule is CC(Cn1cc(N)c(=O)c(Br)c1)C1CC1. The lowest BCUT2D eigenvalue weighted by molar-refractivity contribution is 0.429. The van der Waals surface area contributed by atoms with Crippen LogP contribution in [0.25, 0.3) is 0 Å². The number of aromatic nitrogens is 1. The molecule has 1 fully saturated rings. The first-order chi connectivity index (χ1) is 7.08. The van der Waals surface area contributed by atoms with Crippen molar-refractivity contribution >= 4 is 21.6 Å². The van der Waals surface area contributed by atoms with Gasteiger partial charge in [0.2, 0.25) is 5.43 Å². The first-order valence-corrected chi connectivity index (χ1v) is 6.02. The van der Waals surface area contributed by atoms with Crippen molar-refractivity contribution in [2.24, 2.45) is 11.8 Å². The molecule has 1 heterocycles. The molecule has 0 saturated heterocycles. The van der Waals surface area contributed by atoms with Crippen LogP contribution in [0.5, 0.6) is 0 Å². The van der Waals surface area contributed by atoms with E-state index in [0.29, 0.717) is 16.1 Å². The van der Waals surface area contributed by atoms with E-state index in [4.69, 9.17) is 5.73 Å². The summed E-state index contributed by atoms with van der Waals surface area (Å²) in [6, 6.07) is 0. The standard InChI is InChI=1S/C11H15BrN2O/c1-7(8-2-3-8)4-14-5-9(12)11(15)10(13)6-14/h5-8H,2-4,13H2,1H3. The van der Waals surface area contributed by atoms with E-state index in [2.05, 4.69) is 22.9 Å². The molecule has 1 aromatic rings. The Balaban J connectivity index is 2.17. The maximum Gasteiger partial charge on any atom is 0.218 e. The van der Waals surface area contributed by atoms with E-state index in [-0.39, 0.29) is 5.43 Å². The summed E-state index contributed by atoms with van der Waals surface area (Å²) in [5.74, 6) is 1.53. The quantitative estimate of drug-likeness (QED) is 0.916. The fourth-order valence-electron chi connectivity index (χ4n) is 1.87. The first kappa shape index (κ1) is 10.7. The average Bonchev–Trinajstić information content (AvgIpc) is 2.96. The fourth-order valence-corrected chi connectivity index (χ4v) is 2.36. The maximum atomic E-state index is 11.4. The number of halogens is 1. The molecule has 1 aliphatic rings. The molecule has 2 N–H and O–H groups in total. The summed E-state index contributed by atoms with van der Waals surface area (Å²) in [7, 11) is 0. The van der Waals surface area contributed by atoms with Gasteiger partial charge in [0.15, 0.2) is 0 Å². The van der Waals surface area contributed by atoms with Gasteiger partial charge in [-0.05, 0) is 40.6 Å². The van der Waals surface area contributed by atoms with Crippen molar-refractivity contribution < 1.29 is 0 Å². The van der Waals surface area contributed by atoms with Crippen molar-refractivity contribution in [2.45, 2.75) is 26.3 Å². The van der Waals surface area contributed by atoms with Gasteiger partial charge in [-0.15, -0.1) is 0 Å². The van der Waals surface area contributed by atoms with Crippen LogP contribution in [0.3, 0.4) is 0 Å². The Morgan fingerprint density at radius 2 is 2.27 bits per heavy atom. The van der Waals surface area contributed by atoms with Crippen molar-refractivity contribution in [3.63, 3.8) is 0 Å². The largest absolute Gasteiger partial charge is 0.394 e. The van der Waals surface area contributed by atoms with Crippen molar-refractivity contribution in [2.75, 3.05) is 5.73 Å². The van der Waals surface area contributed by atoms with E-state index in [1.54, 1.807) is 6.20 Å². The molecule has 1 saturated carbocycles. The Bertz CT molecular complexity index is 397. The van der Waals surface area contributed by atoms with Gasteiger partial charge in [0, 0.05) is 18.9 Å². The van der Waals surface area contributed by atoms with Crippen LogP contribution in [0.4, 0.5) is 5.69 Å². The van der Waals surface area contributed by atoms with E-state index in [1.165, 1.54) is 12.8 Å². The summed E-state index contributed by atoms with van der Waals surface area (Å²) in [4.78, 5) is 11.4. The highest BCUT2D eigenvalue weighted by molar-refractivity contribution is 9.10. The summed E-state index contributed by atoms with van der Waals surface area (Å²) >= 11 is 3.23. The van der Waals surface area contributed by atoms with Crippen LogP contribution < -0.4 is 11.2 Å². The Labute approximate surface area is 97.4 Å². The third-order valence-corrected chi connectivity index (χ3v) is 3.55. The van der Waals surface area contributed by atoms with Gasteiger partial charge in [-0.1, -0.05) is 6.92 Å². The highest BCUT2D eigenvalue weighted by Gasteiger charge is 2.27. The number of nitrogen functional groups attached to an aromatic ring is 1. The second kappa shape index (κ2) is 4.00. The van der Waals surface area contributed by atoms with Crippen molar-refractivity contribution in [3.8, 4) is 0 Å². The monoisotopic (exact) mass is 270 g/mol. The minimum atomic E-state index is -0.120. The smallest absolute Gasteiger partial charge is 0.218 e. The molecule has 2 rings (SSSR count). The summed E-state index contributed by atoms with van der Waals surface area (Å²) in [6.07, 6.45) is 6.24. The summed E-state index contributed by atoms with van der Waals surface area (Å²) in [5, 5.41) is 0. The van der Waals surface area contributed by atoms with Crippen LogP contribution >= 0.6 is 15.9 Å². The summed E-state index contributed by atoms with van der Waals surface area (Å²) in [6.45, 7) is 3.19. The number of rotatable bonds is 3. The van der Waals surface area contributed by atoms with Crippen LogP contribution in [0.2, 0.25) is 0 Å². The zero-order valence-corrected chi connectivity index (χ0v) is 10.3. The maximum absolute atomic E-state index is 11.4. The van der Waals surface area contributed by atoms with Gasteiger partial charge in [0.25, 0.3) is 0 Å². The molecule has 1 unspecified atom stereocenters. The zero-order chi connectivity index (χ0) is 11.0. The van der Waals surface area contributed by atoms with Gasteiger partial charge in [-0.25, -0.2) is 0 Å². The Morgan fingerprint density at radius 1 is 1.60 bits per heavy atom. The lowest BCUT2D eigenvalue weighted by atomic mass is 10.1. The number of pyridine rings is 1. The number of nitrogens with zero attached hydrogens (tertiary/aromatic N) is 1. The number of hydrogen-bond donors (Lipinski definition) is 1. The third-order valence-electron chi connectivity index (χ3n) is 2.99. The van der Waals surface area contributed by atoms with Gasteiger partial charge in [0.1, 0.15) is 0 Å². The molecule has 0 aromatic carbocycles. The Hall–Kier alpha value is -0.770. The van der Waals surface area contributed by atoms with E-state index < -0.39 is 0 Å². The normalized spacial score (nSPS) is 17.7. The zero-order valence-electron chi connectivity index (χ0n) is 8.74. The number of nitrogens with two attached hydrogens (primary N) is 1. The van der Waals surface area contributed by atoms with Gasteiger partial charge < -0.3 is 10.3 Å². The van der Waals surface area contributed by atoms with Crippen LogP contribution in [0.15, 0.2) is 21.7 Å². The summed E-state index contributed by atoms with van der Waals surface area (Å²) < 4.78 is 2.55. The van der Waals surface area contributed by atoms with Crippen molar-refractivity contribution in [1.82, 2.24) is 4.57 Å². The Kier molecular flexibility index (Phi) is 2.87. The highest BCUT2D eigenvalue weighted by Crippen LogP contribution is 2.37. The second-order valence-corrected chi connectivity index (χ2v) is 5.26. The van der Waals surface area contributed by atoms with Crippen molar-refractivity contribution in [1.29, 1.82) is 0 Å². The second-order valence-electron chi connectivity index (χ2n) is 4.40. The molecular formula is C11H15BrN2O. The number of hydrogen-bond acceptors (Lipinski definition) is 2. The average molecular weight is 271 g/mol. The van der Waals surface area contributed by atoms with Crippen LogP contribution in [-0.4, -0.2) is 4.57 Å².